The topological polar surface area (TPSA) is 56.1 Å². The number of urea groups is 1. The molecule has 1 aliphatic rings. The Morgan fingerprint density at radius 2 is 2.33 bits per heavy atom. The maximum absolute atomic E-state index is 12.5. The van der Waals surface area contributed by atoms with E-state index in [1.54, 1.807) is 35.6 Å². The van der Waals surface area contributed by atoms with Crippen molar-refractivity contribution in [1.29, 1.82) is 5.26 Å². The summed E-state index contributed by atoms with van der Waals surface area (Å²) in [7, 11) is 0. The summed E-state index contributed by atoms with van der Waals surface area (Å²) in [4.78, 5) is 14.3. The number of benzene rings is 1. The standard InChI is InChI=1S/C16H15N3OS/c17-10-12-3-1-4-14(9-12)18-16(20)19-7-2-5-15(19)13-6-8-21-11-13/h1,3-4,6,8-9,11,15H,2,5,7H2,(H,18,20)/t15-/m0/s1. The van der Waals surface area contributed by atoms with Crippen molar-refractivity contribution < 1.29 is 4.79 Å². The first-order valence-electron chi connectivity index (χ1n) is 6.88. The molecule has 1 aliphatic heterocycles. The number of carbonyl (C=O) groups excluding carboxylic acids is 1. The summed E-state index contributed by atoms with van der Waals surface area (Å²) >= 11 is 1.65. The Balaban J connectivity index is 1.74. The first-order valence-corrected chi connectivity index (χ1v) is 7.82. The zero-order valence-corrected chi connectivity index (χ0v) is 12.3. The van der Waals surface area contributed by atoms with E-state index in [-0.39, 0.29) is 12.1 Å². The van der Waals surface area contributed by atoms with Crippen LogP contribution in [-0.2, 0) is 0 Å². The molecule has 1 atom stereocenters. The lowest BCUT2D eigenvalue weighted by Gasteiger charge is -2.24. The van der Waals surface area contributed by atoms with E-state index in [0.717, 1.165) is 19.4 Å². The molecule has 3 rings (SSSR count). The lowest BCUT2D eigenvalue weighted by Crippen LogP contribution is -2.34. The highest BCUT2D eigenvalue weighted by molar-refractivity contribution is 7.07. The number of anilines is 1. The number of nitrogens with one attached hydrogen (secondary N) is 1. The molecule has 0 unspecified atom stereocenters. The minimum Gasteiger partial charge on any atom is -0.317 e. The van der Waals surface area contributed by atoms with Crippen molar-refractivity contribution in [2.24, 2.45) is 0 Å². The van der Waals surface area contributed by atoms with Gasteiger partial charge in [0.1, 0.15) is 0 Å². The van der Waals surface area contributed by atoms with Gasteiger partial charge in [-0.2, -0.15) is 16.6 Å². The van der Waals surface area contributed by atoms with E-state index in [1.807, 2.05) is 10.3 Å². The molecule has 21 heavy (non-hydrogen) atoms. The van der Waals surface area contributed by atoms with Gasteiger partial charge in [-0.05, 0) is 53.4 Å². The summed E-state index contributed by atoms with van der Waals surface area (Å²) in [6.07, 6.45) is 2.02. The lowest BCUT2D eigenvalue weighted by atomic mass is 10.1. The lowest BCUT2D eigenvalue weighted by molar-refractivity contribution is 0.207. The molecule has 106 valence electrons. The van der Waals surface area contributed by atoms with E-state index >= 15 is 0 Å². The van der Waals surface area contributed by atoms with Crippen LogP contribution in [0, 0.1) is 11.3 Å². The van der Waals surface area contributed by atoms with Crippen molar-refractivity contribution in [3.05, 3.63) is 52.2 Å². The highest BCUT2D eigenvalue weighted by atomic mass is 32.1. The molecule has 0 bridgehead atoms. The normalized spacial score (nSPS) is 17.5. The number of amides is 2. The molecular formula is C16H15N3OS. The number of nitrogens with zero attached hydrogens (tertiary/aromatic N) is 2. The van der Waals surface area contributed by atoms with E-state index in [4.69, 9.17) is 5.26 Å². The van der Waals surface area contributed by atoms with Crippen LogP contribution in [0.25, 0.3) is 0 Å². The van der Waals surface area contributed by atoms with Crippen LogP contribution in [0.5, 0.6) is 0 Å². The van der Waals surface area contributed by atoms with Crippen molar-refractivity contribution in [2.45, 2.75) is 18.9 Å². The number of hydrogen-bond donors (Lipinski definition) is 1. The highest BCUT2D eigenvalue weighted by Gasteiger charge is 2.30. The Morgan fingerprint density at radius 3 is 3.10 bits per heavy atom. The van der Waals surface area contributed by atoms with Gasteiger partial charge < -0.3 is 10.2 Å². The van der Waals surface area contributed by atoms with Crippen LogP contribution >= 0.6 is 11.3 Å². The van der Waals surface area contributed by atoms with Gasteiger partial charge in [0, 0.05) is 12.2 Å². The number of nitriles is 1. The Morgan fingerprint density at radius 1 is 1.43 bits per heavy atom. The predicted molar refractivity (Wildman–Crippen MR) is 83.2 cm³/mol. The zero-order valence-electron chi connectivity index (χ0n) is 11.5. The molecule has 0 saturated carbocycles. The Labute approximate surface area is 127 Å². The number of rotatable bonds is 2. The van der Waals surface area contributed by atoms with Gasteiger partial charge in [-0.1, -0.05) is 6.07 Å². The third-order valence-corrected chi connectivity index (χ3v) is 4.39. The van der Waals surface area contributed by atoms with Gasteiger partial charge in [0.25, 0.3) is 0 Å². The summed E-state index contributed by atoms with van der Waals surface area (Å²) < 4.78 is 0. The fourth-order valence-electron chi connectivity index (χ4n) is 2.68. The van der Waals surface area contributed by atoms with Crippen molar-refractivity contribution in [3.8, 4) is 6.07 Å². The SMILES string of the molecule is N#Cc1cccc(NC(=O)N2CCC[C@H]2c2ccsc2)c1. The second-order valence-corrected chi connectivity index (χ2v) is 5.81. The van der Waals surface area contributed by atoms with Crippen LogP contribution in [0.4, 0.5) is 10.5 Å². The summed E-state index contributed by atoms with van der Waals surface area (Å²) in [5, 5.41) is 15.9. The second-order valence-electron chi connectivity index (χ2n) is 5.03. The first-order chi connectivity index (χ1) is 10.3. The van der Waals surface area contributed by atoms with E-state index in [9.17, 15) is 4.79 Å². The van der Waals surface area contributed by atoms with Gasteiger partial charge in [-0.25, -0.2) is 4.79 Å². The molecule has 0 aliphatic carbocycles. The van der Waals surface area contributed by atoms with Gasteiger partial charge in [-0.3, -0.25) is 0 Å². The van der Waals surface area contributed by atoms with Crippen molar-refractivity contribution >= 4 is 23.1 Å². The maximum atomic E-state index is 12.5. The Hall–Kier alpha value is -2.32. The summed E-state index contributed by atoms with van der Waals surface area (Å²) in [5.41, 5.74) is 2.41. The van der Waals surface area contributed by atoms with Crippen LogP contribution < -0.4 is 5.32 Å². The van der Waals surface area contributed by atoms with Crippen LogP contribution in [0.1, 0.15) is 30.0 Å². The third-order valence-electron chi connectivity index (χ3n) is 3.68. The second kappa shape index (κ2) is 5.98. The summed E-state index contributed by atoms with van der Waals surface area (Å²) in [5.74, 6) is 0. The number of likely N-dealkylation sites (tertiary alicyclic amines) is 1. The molecule has 0 spiro atoms. The van der Waals surface area contributed by atoms with Crippen LogP contribution in [0.3, 0.4) is 0 Å². The minimum absolute atomic E-state index is 0.0983. The fourth-order valence-corrected chi connectivity index (χ4v) is 3.39. The smallest absolute Gasteiger partial charge is 0.317 e. The minimum atomic E-state index is -0.0983. The summed E-state index contributed by atoms with van der Waals surface area (Å²) in [6.45, 7) is 0.768. The zero-order chi connectivity index (χ0) is 14.7. The van der Waals surface area contributed by atoms with Crippen LogP contribution in [-0.4, -0.2) is 17.5 Å². The monoisotopic (exact) mass is 297 g/mol. The molecule has 2 amide bonds. The third kappa shape index (κ3) is 2.91. The first kappa shape index (κ1) is 13.7. The molecule has 4 nitrogen and oxygen atoms in total. The molecule has 1 fully saturated rings. The fraction of sp³-hybridized carbons (Fsp3) is 0.250. The largest absolute Gasteiger partial charge is 0.322 e. The van der Waals surface area contributed by atoms with Gasteiger partial charge in [0.2, 0.25) is 0 Å². The molecular weight excluding hydrogens is 282 g/mol. The van der Waals surface area contributed by atoms with Gasteiger partial charge >= 0.3 is 6.03 Å². The molecule has 1 N–H and O–H groups in total. The van der Waals surface area contributed by atoms with E-state index in [1.165, 1.54) is 5.56 Å². The molecule has 1 saturated heterocycles. The average Bonchev–Trinajstić information content (AvgIpc) is 3.18. The van der Waals surface area contributed by atoms with E-state index in [2.05, 4.69) is 22.8 Å². The molecule has 5 heteroatoms. The maximum Gasteiger partial charge on any atom is 0.322 e. The van der Waals surface area contributed by atoms with E-state index < -0.39 is 0 Å². The highest BCUT2D eigenvalue weighted by Crippen LogP contribution is 2.33. The van der Waals surface area contributed by atoms with Crippen molar-refractivity contribution in [3.63, 3.8) is 0 Å². The van der Waals surface area contributed by atoms with Crippen LogP contribution in [0.15, 0.2) is 41.1 Å². The predicted octanol–water partition coefficient (Wildman–Crippen LogP) is 3.99. The van der Waals surface area contributed by atoms with Gasteiger partial charge in [0.05, 0.1) is 17.7 Å². The number of hydrogen-bond acceptors (Lipinski definition) is 3. The number of thiophene rings is 1. The summed E-state index contributed by atoms with van der Waals surface area (Å²) in [6, 6.07) is 11.2. The van der Waals surface area contributed by atoms with Gasteiger partial charge in [0.15, 0.2) is 0 Å². The Bertz CT molecular complexity index is 675. The van der Waals surface area contributed by atoms with Crippen molar-refractivity contribution in [1.82, 2.24) is 4.90 Å². The molecule has 2 aromatic rings. The molecule has 1 aromatic carbocycles. The number of carbonyl (C=O) groups is 1. The molecule has 1 aromatic heterocycles. The molecule has 0 radical (unpaired) electrons. The van der Waals surface area contributed by atoms with Crippen molar-refractivity contribution in [2.75, 3.05) is 11.9 Å². The van der Waals surface area contributed by atoms with E-state index in [0.29, 0.717) is 11.3 Å². The average molecular weight is 297 g/mol. The van der Waals surface area contributed by atoms with Gasteiger partial charge in [-0.15, -0.1) is 0 Å². The molecule has 2 heterocycles. The quantitative estimate of drug-likeness (QED) is 0.911. The Kier molecular flexibility index (Phi) is 3.89. The van der Waals surface area contributed by atoms with Crippen LogP contribution in [0.2, 0.25) is 0 Å².